The van der Waals surface area contributed by atoms with Crippen molar-refractivity contribution in [1.29, 1.82) is 0 Å². The summed E-state index contributed by atoms with van der Waals surface area (Å²) < 4.78 is 3.39. The molecule has 0 saturated carbocycles. The SMILES string of the molecule is N[C]1=CC=[CH][BiH]1. The molecule has 0 atom stereocenters. The van der Waals surface area contributed by atoms with E-state index >= 15 is 0 Å². The van der Waals surface area contributed by atoms with Crippen LogP contribution in [0.25, 0.3) is 0 Å². The van der Waals surface area contributed by atoms with Crippen molar-refractivity contribution in [2.24, 2.45) is 5.73 Å². The summed E-state index contributed by atoms with van der Waals surface area (Å²) >= 11 is -0.481. The molecule has 0 spiro atoms. The Labute approximate surface area is 48.5 Å². The summed E-state index contributed by atoms with van der Waals surface area (Å²) in [5, 5.41) is 0. The summed E-state index contributed by atoms with van der Waals surface area (Å²) in [5.41, 5.74) is 5.42. The van der Waals surface area contributed by atoms with Gasteiger partial charge in [0.25, 0.3) is 0 Å². The Kier molecular flexibility index (Phi) is 1.26. The van der Waals surface area contributed by atoms with Crippen molar-refractivity contribution in [3.63, 3.8) is 0 Å². The zero-order chi connectivity index (χ0) is 4.41. The molecule has 0 bridgehead atoms. The molecular formula is C4H6BiN. The van der Waals surface area contributed by atoms with E-state index < -0.39 is 23.2 Å². The van der Waals surface area contributed by atoms with Crippen molar-refractivity contribution in [2.75, 3.05) is 0 Å². The second kappa shape index (κ2) is 1.74. The molecule has 2 N–H and O–H groups in total. The second-order valence-electron chi connectivity index (χ2n) is 1.13. The molecule has 1 aliphatic heterocycles. The molecule has 0 radical (unpaired) electrons. The number of allylic oxidation sites excluding steroid dienone is 2. The zero-order valence-electron chi connectivity index (χ0n) is 3.31. The van der Waals surface area contributed by atoms with Gasteiger partial charge >= 0.3 is 48.3 Å². The topological polar surface area (TPSA) is 26.0 Å². The van der Waals surface area contributed by atoms with Crippen molar-refractivity contribution < 1.29 is 0 Å². The first-order valence-electron chi connectivity index (χ1n) is 1.78. The monoisotopic (exact) mass is 277 g/mol. The maximum atomic E-state index is 5.42. The van der Waals surface area contributed by atoms with E-state index in [4.69, 9.17) is 5.73 Å². The second-order valence-corrected chi connectivity index (χ2v) is 5.79. The van der Waals surface area contributed by atoms with E-state index in [1.165, 1.54) is 0 Å². The molecule has 1 rings (SSSR count). The van der Waals surface area contributed by atoms with Gasteiger partial charge in [0.05, 0.1) is 0 Å². The van der Waals surface area contributed by atoms with Crippen LogP contribution in [0.1, 0.15) is 0 Å². The molecular weight excluding hydrogens is 271 g/mol. The van der Waals surface area contributed by atoms with Gasteiger partial charge in [-0.2, -0.15) is 0 Å². The number of hydrogen-bond donors (Lipinski definition) is 1. The van der Waals surface area contributed by atoms with Crippen molar-refractivity contribution in [1.82, 2.24) is 0 Å². The molecule has 6 heavy (non-hydrogen) atoms. The fourth-order valence-electron chi connectivity index (χ4n) is 0.344. The van der Waals surface area contributed by atoms with Gasteiger partial charge in [-0.1, -0.05) is 0 Å². The standard InChI is InChI=1S/C4H5N.Bi.H/c1-2-3-4-5;;/h1-3H,5H2;;. The van der Waals surface area contributed by atoms with E-state index in [1.807, 2.05) is 6.08 Å². The van der Waals surface area contributed by atoms with Gasteiger partial charge in [-0.05, 0) is 0 Å². The van der Waals surface area contributed by atoms with Crippen molar-refractivity contribution >= 4 is 23.2 Å². The Morgan fingerprint density at radius 2 is 2.50 bits per heavy atom. The first-order chi connectivity index (χ1) is 2.89. The minimum atomic E-state index is -0.481. The van der Waals surface area contributed by atoms with E-state index in [0.717, 1.165) is 3.40 Å². The third-order valence-electron chi connectivity index (χ3n) is 0.622. The van der Waals surface area contributed by atoms with E-state index in [0.29, 0.717) is 0 Å². The minimum absolute atomic E-state index is 0.481. The summed E-state index contributed by atoms with van der Waals surface area (Å²) in [4.78, 5) is 0. The van der Waals surface area contributed by atoms with Crippen molar-refractivity contribution in [3.8, 4) is 0 Å². The molecule has 32 valence electrons. The molecule has 0 aromatic rings. The summed E-state index contributed by atoms with van der Waals surface area (Å²) in [6.07, 6.45) is 4.06. The predicted molar refractivity (Wildman–Crippen MR) is 28.6 cm³/mol. The van der Waals surface area contributed by atoms with Crippen LogP contribution < -0.4 is 5.73 Å². The van der Waals surface area contributed by atoms with Crippen LogP contribution in [-0.2, 0) is 0 Å². The number of nitrogens with two attached hydrogens (primary N) is 1. The van der Waals surface area contributed by atoms with Gasteiger partial charge in [0.2, 0.25) is 0 Å². The summed E-state index contributed by atoms with van der Waals surface area (Å²) in [6, 6.07) is 0. The Bertz CT molecular complexity index is 104. The van der Waals surface area contributed by atoms with Gasteiger partial charge < -0.3 is 0 Å². The molecule has 1 heterocycles. The van der Waals surface area contributed by atoms with Gasteiger partial charge in [0, 0.05) is 0 Å². The zero-order valence-corrected chi connectivity index (χ0v) is 7.20. The first kappa shape index (κ1) is 4.33. The van der Waals surface area contributed by atoms with E-state index in [9.17, 15) is 0 Å². The molecule has 0 aromatic carbocycles. The van der Waals surface area contributed by atoms with Gasteiger partial charge in [-0.15, -0.1) is 0 Å². The number of hydrogen-bond acceptors (Lipinski definition) is 1. The summed E-state index contributed by atoms with van der Waals surface area (Å²) in [7, 11) is 0. The van der Waals surface area contributed by atoms with Crippen LogP contribution in [0, 0.1) is 0 Å². The first-order valence-corrected chi connectivity index (χ1v) is 5.97. The normalized spacial score (nSPS) is 18.3. The van der Waals surface area contributed by atoms with Crippen LogP contribution in [0.4, 0.5) is 0 Å². The Balaban J connectivity index is 2.61. The Morgan fingerprint density at radius 1 is 1.67 bits per heavy atom. The molecule has 0 amide bonds. The molecule has 0 saturated heterocycles. The summed E-state index contributed by atoms with van der Waals surface area (Å²) in [5.74, 6) is 0. The van der Waals surface area contributed by atoms with Crippen molar-refractivity contribution in [3.05, 3.63) is 19.3 Å². The van der Waals surface area contributed by atoms with Crippen LogP contribution in [0.3, 0.4) is 0 Å². The van der Waals surface area contributed by atoms with Crippen LogP contribution in [0.5, 0.6) is 0 Å². The third kappa shape index (κ3) is 0.812. The maximum absolute atomic E-state index is 5.42. The molecule has 0 aromatic heterocycles. The molecule has 1 nitrogen and oxygen atoms in total. The number of rotatable bonds is 0. The van der Waals surface area contributed by atoms with Crippen LogP contribution in [-0.4, -0.2) is 23.2 Å². The third-order valence-corrected chi connectivity index (χ3v) is 3.96. The fraction of sp³-hybridized carbons (Fsp3) is 0. The van der Waals surface area contributed by atoms with Gasteiger partial charge in [0.1, 0.15) is 0 Å². The van der Waals surface area contributed by atoms with Gasteiger partial charge in [0.15, 0.2) is 0 Å². The quantitative estimate of drug-likeness (QED) is 0.607. The van der Waals surface area contributed by atoms with E-state index in [-0.39, 0.29) is 0 Å². The van der Waals surface area contributed by atoms with Crippen LogP contribution in [0.15, 0.2) is 19.3 Å². The average molecular weight is 277 g/mol. The molecule has 0 unspecified atom stereocenters. The Morgan fingerprint density at radius 3 is 2.67 bits per heavy atom. The van der Waals surface area contributed by atoms with E-state index in [1.54, 1.807) is 0 Å². The Hall–Kier alpha value is 0.163. The molecule has 0 aliphatic carbocycles. The fourth-order valence-corrected chi connectivity index (χ4v) is 2.59. The molecule has 2 heteroatoms. The average Bonchev–Trinajstić information content (AvgIpc) is 1.86. The van der Waals surface area contributed by atoms with Crippen molar-refractivity contribution in [2.45, 2.75) is 0 Å². The van der Waals surface area contributed by atoms with Gasteiger partial charge in [-0.25, -0.2) is 0 Å². The van der Waals surface area contributed by atoms with Crippen LogP contribution in [0.2, 0.25) is 0 Å². The predicted octanol–water partition coefficient (Wildman–Crippen LogP) is -0.250. The van der Waals surface area contributed by atoms with Crippen LogP contribution >= 0.6 is 0 Å². The van der Waals surface area contributed by atoms with E-state index in [2.05, 4.69) is 9.86 Å². The molecule has 1 aliphatic rings. The molecule has 0 fully saturated rings. The van der Waals surface area contributed by atoms with Gasteiger partial charge in [-0.3, -0.25) is 0 Å². The summed E-state index contributed by atoms with van der Waals surface area (Å²) in [6.45, 7) is 0.